The number of rotatable bonds is 5. The Hall–Kier alpha value is -2.28. The lowest BCUT2D eigenvalue weighted by atomic mass is 10.1. The van der Waals surface area contributed by atoms with Gasteiger partial charge in [-0.15, -0.1) is 0 Å². The normalized spacial score (nSPS) is 11.1. The van der Waals surface area contributed by atoms with Gasteiger partial charge in [-0.1, -0.05) is 31.2 Å². The fourth-order valence-corrected chi connectivity index (χ4v) is 2.34. The fourth-order valence-electron chi connectivity index (χ4n) is 2.23. The first kappa shape index (κ1) is 19.1. The van der Waals surface area contributed by atoms with Crippen LogP contribution < -0.4 is 10.1 Å². The molecule has 2 aromatic rings. The van der Waals surface area contributed by atoms with E-state index in [1.54, 1.807) is 37.3 Å². The van der Waals surface area contributed by atoms with Gasteiger partial charge in [-0.25, -0.2) is 0 Å². The monoisotopic (exact) mass is 369 g/mol. The summed E-state index contributed by atoms with van der Waals surface area (Å²) in [5.41, 5.74) is 1.11. The Bertz CT molecular complexity index is 747. The van der Waals surface area contributed by atoms with Crippen molar-refractivity contribution in [2.24, 2.45) is 0 Å². The molecule has 25 heavy (non-hydrogen) atoms. The molecule has 2 rings (SSSR count). The summed E-state index contributed by atoms with van der Waals surface area (Å²) >= 11 is 4.95. The molecule has 0 saturated carbocycles. The zero-order chi connectivity index (χ0) is 18.4. The van der Waals surface area contributed by atoms with Gasteiger partial charge in [0, 0.05) is 11.3 Å². The summed E-state index contributed by atoms with van der Waals surface area (Å²) in [6.07, 6.45) is -3.96. The largest absolute Gasteiger partial charge is 0.488 e. The van der Waals surface area contributed by atoms with Crippen LogP contribution in [0.4, 0.5) is 18.9 Å². The number of methoxy groups -OCH3 is 1. The standard InChI is InChI=1S/C18H18F3NO2S/c1-3-12-8-9-16(14(10-12)18(19,20)21)24-11-13-6-4-5-7-15(13)22-17(25)23-2/h4-10H,3,11H2,1-2H3,(H,22,25). The Balaban J connectivity index is 2.23. The van der Waals surface area contributed by atoms with Gasteiger partial charge in [0.05, 0.1) is 12.7 Å². The molecule has 0 aromatic heterocycles. The molecule has 7 heteroatoms. The van der Waals surface area contributed by atoms with E-state index in [1.807, 2.05) is 0 Å². The number of benzene rings is 2. The van der Waals surface area contributed by atoms with E-state index in [1.165, 1.54) is 13.2 Å². The molecule has 0 aliphatic carbocycles. The molecule has 0 unspecified atom stereocenters. The van der Waals surface area contributed by atoms with E-state index in [0.717, 1.165) is 6.07 Å². The molecule has 0 bridgehead atoms. The van der Waals surface area contributed by atoms with E-state index in [2.05, 4.69) is 5.32 Å². The van der Waals surface area contributed by atoms with Crippen LogP contribution in [-0.4, -0.2) is 12.3 Å². The summed E-state index contributed by atoms with van der Waals surface area (Å²) in [7, 11) is 1.43. The second-order valence-electron chi connectivity index (χ2n) is 5.24. The highest BCUT2D eigenvalue weighted by Gasteiger charge is 2.34. The molecule has 0 saturated heterocycles. The number of anilines is 1. The molecule has 0 spiro atoms. The number of thiocarbonyl (C=S) groups is 1. The average molecular weight is 369 g/mol. The van der Waals surface area contributed by atoms with Crippen LogP contribution in [0.1, 0.15) is 23.6 Å². The van der Waals surface area contributed by atoms with Gasteiger partial charge < -0.3 is 14.8 Å². The Labute approximate surface area is 149 Å². The van der Waals surface area contributed by atoms with Gasteiger partial charge >= 0.3 is 6.18 Å². The molecule has 0 radical (unpaired) electrons. The number of nitrogens with one attached hydrogen (secondary N) is 1. The maximum atomic E-state index is 13.3. The van der Waals surface area contributed by atoms with E-state index in [9.17, 15) is 13.2 Å². The van der Waals surface area contributed by atoms with Crippen molar-refractivity contribution in [3.8, 4) is 5.75 Å². The molecule has 2 aromatic carbocycles. The smallest absolute Gasteiger partial charge is 0.419 e. The number of ether oxygens (including phenoxy) is 2. The minimum atomic E-state index is -4.48. The molecule has 0 heterocycles. The zero-order valence-corrected chi connectivity index (χ0v) is 14.6. The topological polar surface area (TPSA) is 30.5 Å². The van der Waals surface area contributed by atoms with Crippen molar-refractivity contribution in [1.82, 2.24) is 0 Å². The first-order chi connectivity index (χ1) is 11.8. The average Bonchev–Trinajstić information content (AvgIpc) is 2.60. The summed E-state index contributed by atoms with van der Waals surface area (Å²) < 4.78 is 50.1. The third kappa shape index (κ3) is 5.09. The second-order valence-corrected chi connectivity index (χ2v) is 5.62. The number of hydrogen-bond acceptors (Lipinski definition) is 3. The van der Waals surface area contributed by atoms with E-state index < -0.39 is 11.7 Å². The highest BCUT2D eigenvalue weighted by Crippen LogP contribution is 2.37. The predicted molar refractivity (Wildman–Crippen MR) is 94.8 cm³/mol. The second kappa shape index (κ2) is 8.20. The zero-order valence-electron chi connectivity index (χ0n) is 13.8. The van der Waals surface area contributed by atoms with Crippen LogP contribution in [-0.2, 0) is 23.9 Å². The summed E-state index contributed by atoms with van der Waals surface area (Å²) in [6, 6.07) is 11.2. The van der Waals surface area contributed by atoms with Crippen LogP contribution in [0.2, 0.25) is 0 Å². The molecular formula is C18H18F3NO2S. The van der Waals surface area contributed by atoms with Crippen LogP contribution >= 0.6 is 12.2 Å². The Morgan fingerprint density at radius 2 is 1.88 bits per heavy atom. The van der Waals surface area contributed by atoms with Gasteiger partial charge in [-0.2, -0.15) is 13.2 Å². The highest BCUT2D eigenvalue weighted by molar-refractivity contribution is 7.80. The maximum absolute atomic E-state index is 13.3. The number of alkyl halides is 3. The lowest BCUT2D eigenvalue weighted by Gasteiger charge is -2.17. The van der Waals surface area contributed by atoms with E-state index >= 15 is 0 Å². The third-order valence-corrected chi connectivity index (χ3v) is 3.85. The van der Waals surface area contributed by atoms with Gasteiger partial charge in [0.25, 0.3) is 5.17 Å². The maximum Gasteiger partial charge on any atom is 0.419 e. The van der Waals surface area contributed by atoms with Crippen LogP contribution in [0, 0.1) is 0 Å². The minimum Gasteiger partial charge on any atom is -0.488 e. The Kier molecular flexibility index (Phi) is 6.25. The summed E-state index contributed by atoms with van der Waals surface area (Å²) in [6.45, 7) is 1.76. The number of halogens is 3. The van der Waals surface area contributed by atoms with Crippen molar-refractivity contribution in [3.05, 3.63) is 59.2 Å². The quantitative estimate of drug-likeness (QED) is 0.735. The predicted octanol–water partition coefficient (Wildman–Crippen LogP) is 5.19. The molecule has 0 fully saturated rings. The Morgan fingerprint density at radius 3 is 2.52 bits per heavy atom. The van der Waals surface area contributed by atoms with Crippen molar-refractivity contribution in [3.63, 3.8) is 0 Å². The molecule has 0 aliphatic heterocycles. The molecular weight excluding hydrogens is 351 g/mol. The Morgan fingerprint density at radius 1 is 1.16 bits per heavy atom. The van der Waals surface area contributed by atoms with E-state index in [4.69, 9.17) is 21.7 Å². The molecule has 1 N–H and O–H groups in total. The highest BCUT2D eigenvalue weighted by atomic mass is 32.1. The first-order valence-electron chi connectivity index (χ1n) is 7.61. The van der Waals surface area contributed by atoms with Crippen molar-refractivity contribution in [1.29, 1.82) is 0 Å². The van der Waals surface area contributed by atoms with Crippen molar-refractivity contribution >= 4 is 23.1 Å². The van der Waals surface area contributed by atoms with Gasteiger partial charge in [-0.3, -0.25) is 0 Å². The third-order valence-electron chi connectivity index (χ3n) is 3.58. The van der Waals surface area contributed by atoms with E-state index in [-0.39, 0.29) is 17.5 Å². The van der Waals surface area contributed by atoms with Crippen molar-refractivity contribution in [2.45, 2.75) is 26.1 Å². The van der Waals surface area contributed by atoms with Crippen molar-refractivity contribution in [2.75, 3.05) is 12.4 Å². The summed E-state index contributed by atoms with van der Waals surface area (Å²) in [5.74, 6) is -0.200. The number of para-hydroxylation sites is 1. The van der Waals surface area contributed by atoms with Crippen LogP contribution in [0.25, 0.3) is 0 Å². The summed E-state index contributed by atoms with van der Waals surface area (Å²) in [4.78, 5) is 0. The van der Waals surface area contributed by atoms with Gasteiger partial charge in [0.15, 0.2) is 0 Å². The SMILES string of the molecule is CCc1ccc(OCc2ccccc2NC(=S)OC)c(C(F)(F)F)c1. The first-order valence-corrected chi connectivity index (χ1v) is 8.01. The lowest BCUT2D eigenvalue weighted by molar-refractivity contribution is -0.139. The molecule has 3 nitrogen and oxygen atoms in total. The molecule has 0 atom stereocenters. The van der Waals surface area contributed by atoms with Gasteiger partial charge in [-0.05, 0) is 42.4 Å². The number of hydrogen-bond donors (Lipinski definition) is 1. The summed E-state index contributed by atoms with van der Waals surface area (Å²) in [5, 5.41) is 3.03. The van der Waals surface area contributed by atoms with E-state index in [0.29, 0.717) is 23.2 Å². The molecule has 134 valence electrons. The lowest BCUT2D eigenvalue weighted by Crippen LogP contribution is -2.13. The van der Waals surface area contributed by atoms with Gasteiger partial charge in [0.1, 0.15) is 12.4 Å². The molecule has 0 amide bonds. The van der Waals surface area contributed by atoms with Crippen LogP contribution in [0.15, 0.2) is 42.5 Å². The van der Waals surface area contributed by atoms with Crippen LogP contribution in [0.5, 0.6) is 5.75 Å². The molecule has 0 aliphatic rings. The number of aryl methyl sites for hydroxylation is 1. The van der Waals surface area contributed by atoms with Gasteiger partial charge in [0.2, 0.25) is 0 Å². The van der Waals surface area contributed by atoms with Crippen LogP contribution in [0.3, 0.4) is 0 Å². The van der Waals surface area contributed by atoms with Crippen molar-refractivity contribution < 1.29 is 22.6 Å². The minimum absolute atomic E-state index is 0.0376. The fraction of sp³-hybridized carbons (Fsp3) is 0.278.